The molecule has 0 unspecified atom stereocenters. The average molecular weight is 340 g/mol. The molecule has 4 nitrogen and oxygen atoms in total. The first kappa shape index (κ1) is 16.2. The molecule has 1 aliphatic rings. The zero-order valence-electron chi connectivity index (χ0n) is 14.8. The Labute approximate surface area is 153 Å². The van der Waals surface area contributed by atoms with Gasteiger partial charge < -0.3 is 0 Å². The van der Waals surface area contributed by atoms with Crippen molar-refractivity contribution in [1.82, 2.24) is 10.4 Å². The standard InChI is InChI=1S/C22H20N4/c1-15(2)17-10-11-20-19(13-17)21(16-7-4-3-5-8-16)25-26-22(24-20)18-9-6-12-23-14-18/h3-15H,1-2H3,(H,24,26). The van der Waals surface area contributed by atoms with Crippen molar-refractivity contribution in [3.8, 4) is 0 Å². The zero-order valence-corrected chi connectivity index (χ0v) is 14.8. The number of rotatable bonds is 3. The van der Waals surface area contributed by atoms with Crippen molar-refractivity contribution in [2.75, 3.05) is 0 Å². The van der Waals surface area contributed by atoms with E-state index in [1.165, 1.54) is 5.56 Å². The fraction of sp³-hybridized carbons (Fsp3) is 0.136. The molecule has 1 aliphatic heterocycles. The van der Waals surface area contributed by atoms with Crippen LogP contribution in [0.5, 0.6) is 0 Å². The summed E-state index contributed by atoms with van der Waals surface area (Å²) in [4.78, 5) is 9.03. The van der Waals surface area contributed by atoms with Crippen molar-refractivity contribution in [2.24, 2.45) is 10.1 Å². The van der Waals surface area contributed by atoms with E-state index in [0.29, 0.717) is 11.8 Å². The van der Waals surface area contributed by atoms with E-state index in [-0.39, 0.29) is 0 Å². The molecule has 2 aromatic carbocycles. The molecule has 1 aromatic heterocycles. The second kappa shape index (κ2) is 6.92. The highest BCUT2D eigenvalue weighted by molar-refractivity contribution is 6.18. The lowest BCUT2D eigenvalue weighted by molar-refractivity contribution is 0.866. The third-order valence-corrected chi connectivity index (χ3v) is 4.43. The summed E-state index contributed by atoms with van der Waals surface area (Å²) in [6.07, 6.45) is 3.54. The van der Waals surface area contributed by atoms with Crippen LogP contribution in [0.2, 0.25) is 0 Å². The monoisotopic (exact) mass is 340 g/mol. The summed E-state index contributed by atoms with van der Waals surface area (Å²) in [7, 11) is 0. The summed E-state index contributed by atoms with van der Waals surface area (Å²) < 4.78 is 0. The van der Waals surface area contributed by atoms with Gasteiger partial charge in [0.15, 0.2) is 5.84 Å². The Balaban J connectivity index is 1.89. The molecular weight excluding hydrogens is 320 g/mol. The Hall–Kier alpha value is -3.27. The molecule has 0 saturated carbocycles. The Bertz CT molecular complexity index is 974. The van der Waals surface area contributed by atoms with Crippen molar-refractivity contribution >= 4 is 17.2 Å². The van der Waals surface area contributed by atoms with Crippen LogP contribution in [-0.4, -0.2) is 16.5 Å². The fourth-order valence-corrected chi connectivity index (χ4v) is 2.96. The highest BCUT2D eigenvalue weighted by Crippen LogP contribution is 2.29. The second-order valence-corrected chi connectivity index (χ2v) is 6.57. The summed E-state index contributed by atoms with van der Waals surface area (Å²) in [6.45, 7) is 4.39. The fourth-order valence-electron chi connectivity index (χ4n) is 2.96. The maximum atomic E-state index is 4.84. The molecule has 0 aliphatic carbocycles. The van der Waals surface area contributed by atoms with Gasteiger partial charge in [0, 0.05) is 29.1 Å². The van der Waals surface area contributed by atoms with Gasteiger partial charge in [-0.1, -0.05) is 50.2 Å². The molecule has 2 heterocycles. The SMILES string of the molecule is CC(C)c1ccc2c(c1)C(c1ccccc1)=NNC(c1cccnc1)=N2. The van der Waals surface area contributed by atoms with Gasteiger partial charge >= 0.3 is 0 Å². The van der Waals surface area contributed by atoms with Gasteiger partial charge in [-0.2, -0.15) is 5.10 Å². The van der Waals surface area contributed by atoms with Gasteiger partial charge in [0.05, 0.1) is 11.4 Å². The third-order valence-electron chi connectivity index (χ3n) is 4.43. The van der Waals surface area contributed by atoms with Crippen LogP contribution in [0.1, 0.15) is 42.0 Å². The first-order valence-corrected chi connectivity index (χ1v) is 8.75. The van der Waals surface area contributed by atoms with E-state index in [9.17, 15) is 0 Å². The molecule has 0 amide bonds. The number of nitrogens with one attached hydrogen (secondary N) is 1. The number of hydrogen-bond acceptors (Lipinski definition) is 4. The lowest BCUT2D eigenvalue weighted by Crippen LogP contribution is -2.19. The molecule has 128 valence electrons. The lowest BCUT2D eigenvalue weighted by Gasteiger charge is -2.12. The Morgan fingerprint density at radius 3 is 2.42 bits per heavy atom. The van der Waals surface area contributed by atoms with Gasteiger partial charge in [0.2, 0.25) is 0 Å². The van der Waals surface area contributed by atoms with Crippen LogP contribution in [0.3, 0.4) is 0 Å². The highest BCUT2D eigenvalue weighted by Gasteiger charge is 2.18. The highest BCUT2D eigenvalue weighted by atomic mass is 15.3. The summed E-state index contributed by atoms with van der Waals surface area (Å²) in [5.41, 5.74) is 9.21. The number of fused-ring (bicyclic) bond motifs is 1. The number of pyridine rings is 1. The number of hydrogen-bond donors (Lipinski definition) is 1. The van der Waals surface area contributed by atoms with E-state index >= 15 is 0 Å². The molecule has 3 aromatic rings. The normalized spacial score (nSPS) is 13.3. The lowest BCUT2D eigenvalue weighted by atomic mass is 9.95. The minimum absolute atomic E-state index is 0.440. The molecule has 4 heteroatoms. The predicted octanol–water partition coefficient (Wildman–Crippen LogP) is 4.64. The zero-order chi connectivity index (χ0) is 17.9. The van der Waals surface area contributed by atoms with Crippen molar-refractivity contribution in [2.45, 2.75) is 19.8 Å². The van der Waals surface area contributed by atoms with Crippen LogP contribution in [0.15, 0.2) is 83.2 Å². The minimum atomic E-state index is 0.440. The molecule has 0 saturated heterocycles. The maximum absolute atomic E-state index is 4.84. The van der Waals surface area contributed by atoms with Gasteiger partial charge in [-0.25, -0.2) is 4.99 Å². The number of hydrazone groups is 1. The van der Waals surface area contributed by atoms with Crippen molar-refractivity contribution in [3.63, 3.8) is 0 Å². The minimum Gasteiger partial charge on any atom is -0.264 e. The Morgan fingerprint density at radius 2 is 1.69 bits per heavy atom. The Morgan fingerprint density at radius 1 is 0.885 bits per heavy atom. The van der Waals surface area contributed by atoms with Crippen LogP contribution in [0.25, 0.3) is 0 Å². The molecular formula is C22H20N4. The van der Waals surface area contributed by atoms with E-state index in [1.807, 2.05) is 30.3 Å². The summed E-state index contributed by atoms with van der Waals surface area (Å²) in [5, 5.41) is 4.70. The molecule has 0 radical (unpaired) electrons. The van der Waals surface area contributed by atoms with Crippen molar-refractivity contribution < 1.29 is 0 Å². The molecule has 0 atom stereocenters. The topological polar surface area (TPSA) is 49.6 Å². The predicted molar refractivity (Wildman–Crippen MR) is 106 cm³/mol. The van der Waals surface area contributed by atoms with Gasteiger partial charge in [-0.05, 0) is 35.7 Å². The largest absolute Gasteiger partial charge is 0.264 e. The van der Waals surface area contributed by atoms with Gasteiger partial charge in [-0.3, -0.25) is 10.4 Å². The van der Waals surface area contributed by atoms with Gasteiger partial charge in [0.1, 0.15) is 0 Å². The van der Waals surface area contributed by atoms with E-state index in [1.54, 1.807) is 12.4 Å². The van der Waals surface area contributed by atoms with E-state index in [4.69, 9.17) is 10.1 Å². The molecule has 4 rings (SSSR count). The van der Waals surface area contributed by atoms with Crippen molar-refractivity contribution in [3.05, 3.63) is 95.3 Å². The summed E-state index contributed by atoms with van der Waals surface area (Å²) in [6, 6.07) is 20.5. The van der Waals surface area contributed by atoms with Crippen LogP contribution in [0, 0.1) is 0 Å². The molecule has 0 fully saturated rings. The molecule has 0 bridgehead atoms. The van der Waals surface area contributed by atoms with Gasteiger partial charge in [-0.15, -0.1) is 0 Å². The Kier molecular flexibility index (Phi) is 4.32. The first-order chi connectivity index (χ1) is 12.7. The smallest absolute Gasteiger partial charge is 0.155 e. The number of nitrogens with zero attached hydrogens (tertiary/aromatic N) is 3. The van der Waals surface area contributed by atoms with Crippen LogP contribution < -0.4 is 5.43 Å². The van der Waals surface area contributed by atoms with Crippen LogP contribution >= 0.6 is 0 Å². The van der Waals surface area contributed by atoms with Crippen LogP contribution in [0.4, 0.5) is 5.69 Å². The number of aromatic nitrogens is 1. The molecule has 1 N–H and O–H groups in total. The molecule has 26 heavy (non-hydrogen) atoms. The summed E-state index contributed by atoms with van der Waals surface area (Å²) >= 11 is 0. The van der Waals surface area contributed by atoms with Crippen molar-refractivity contribution in [1.29, 1.82) is 0 Å². The average Bonchev–Trinajstić information content (AvgIpc) is 2.88. The third kappa shape index (κ3) is 3.14. The molecule has 0 spiro atoms. The number of aliphatic imine (C=N–C) groups is 1. The maximum Gasteiger partial charge on any atom is 0.155 e. The van der Waals surface area contributed by atoms with E-state index in [2.05, 4.69) is 54.6 Å². The van der Waals surface area contributed by atoms with Crippen LogP contribution in [-0.2, 0) is 0 Å². The number of amidine groups is 1. The van der Waals surface area contributed by atoms with E-state index in [0.717, 1.165) is 28.1 Å². The van der Waals surface area contributed by atoms with Gasteiger partial charge in [0.25, 0.3) is 0 Å². The van der Waals surface area contributed by atoms with E-state index < -0.39 is 0 Å². The summed E-state index contributed by atoms with van der Waals surface area (Å²) in [5.74, 6) is 1.14. The quantitative estimate of drug-likeness (QED) is 0.755. The second-order valence-electron chi connectivity index (χ2n) is 6.57. The first-order valence-electron chi connectivity index (χ1n) is 8.75. The number of benzene rings is 2.